The van der Waals surface area contributed by atoms with Crippen LogP contribution in [0.2, 0.25) is 0 Å². The molecule has 0 radical (unpaired) electrons. The molecule has 2 atom stereocenters. The first-order valence-electron chi connectivity index (χ1n) is 8.86. The van der Waals surface area contributed by atoms with Gasteiger partial charge < -0.3 is 5.32 Å². The molecule has 6 heteroatoms. The molecule has 1 amide bonds. The Morgan fingerprint density at radius 1 is 1.32 bits per heavy atom. The quantitative estimate of drug-likeness (QED) is 0.885. The average molecular weight is 374 g/mol. The number of carbonyl (C=O) groups is 1. The van der Waals surface area contributed by atoms with E-state index in [0.717, 1.165) is 19.7 Å². The zero-order chi connectivity index (χ0) is 17.4. The number of amides is 1. The second-order valence-corrected chi connectivity index (χ2v) is 9.35. The fraction of sp³-hybridized carbons (Fsp3) is 0.474. The molecule has 3 fully saturated rings. The minimum atomic E-state index is 0.0744. The molecule has 0 unspecified atom stereocenters. The van der Waals surface area contributed by atoms with Crippen LogP contribution in [0, 0.1) is 12.8 Å². The number of nitrogens with zero attached hydrogens (tertiary/aromatic N) is 2. The highest BCUT2D eigenvalue weighted by Crippen LogP contribution is 2.35. The van der Waals surface area contributed by atoms with Gasteiger partial charge in [-0.15, -0.1) is 11.3 Å². The van der Waals surface area contributed by atoms with E-state index in [4.69, 9.17) is 0 Å². The highest BCUT2D eigenvalue weighted by molar-refractivity contribution is 8.01. The summed E-state index contributed by atoms with van der Waals surface area (Å²) in [4.78, 5) is 21.5. The minimum Gasteiger partial charge on any atom is -0.347 e. The lowest BCUT2D eigenvalue weighted by Gasteiger charge is -2.49. The first-order valence-corrected chi connectivity index (χ1v) is 10.5. The van der Waals surface area contributed by atoms with Crippen molar-refractivity contribution >= 4 is 29.0 Å². The molecule has 4 nitrogen and oxygen atoms in total. The summed E-state index contributed by atoms with van der Waals surface area (Å²) in [6.07, 6.45) is 4.23. The number of aromatic nitrogens is 1. The monoisotopic (exact) mass is 373 g/mol. The number of carbonyl (C=O) groups excluding carboxylic acids is 1. The molecule has 3 aliphatic heterocycles. The Morgan fingerprint density at radius 3 is 2.84 bits per heavy atom. The Balaban J connectivity index is 1.43. The Hall–Kier alpha value is -1.37. The van der Waals surface area contributed by atoms with E-state index < -0.39 is 0 Å². The van der Waals surface area contributed by atoms with Crippen molar-refractivity contribution in [1.29, 1.82) is 0 Å². The first-order chi connectivity index (χ1) is 12.1. The molecule has 0 aromatic carbocycles. The molecule has 5 rings (SSSR count). The molecule has 2 aromatic rings. The maximum Gasteiger partial charge on any atom is 0.261 e. The number of piperidine rings is 3. The lowest BCUT2D eigenvalue weighted by Crippen LogP contribution is -2.62. The molecule has 0 aliphatic carbocycles. The van der Waals surface area contributed by atoms with Gasteiger partial charge in [-0.25, -0.2) is 0 Å². The molecule has 2 aromatic heterocycles. The molecule has 25 heavy (non-hydrogen) atoms. The van der Waals surface area contributed by atoms with E-state index in [1.165, 1.54) is 25.9 Å². The fourth-order valence-electron chi connectivity index (χ4n) is 3.95. The normalized spacial score (nSPS) is 28.1. The van der Waals surface area contributed by atoms with E-state index >= 15 is 0 Å². The van der Waals surface area contributed by atoms with E-state index in [1.807, 2.05) is 31.3 Å². The van der Waals surface area contributed by atoms with Gasteiger partial charge in [-0.05, 0) is 70.0 Å². The third-order valence-electron chi connectivity index (χ3n) is 5.45. The summed E-state index contributed by atoms with van der Waals surface area (Å²) < 4.78 is 1.13. The number of aryl methyl sites for hydroxylation is 1. The van der Waals surface area contributed by atoms with Crippen molar-refractivity contribution < 1.29 is 4.79 Å². The second kappa shape index (κ2) is 7.09. The van der Waals surface area contributed by atoms with E-state index in [9.17, 15) is 4.79 Å². The number of thiophene rings is 1. The Kier molecular flexibility index (Phi) is 4.84. The first kappa shape index (κ1) is 17.1. The summed E-state index contributed by atoms with van der Waals surface area (Å²) in [5, 5.41) is 3.31. The average Bonchev–Trinajstić information content (AvgIpc) is 3.09. The maximum atomic E-state index is 12.7. The van der Waals surface area contributed by atoms with Crippen LogP contribution in [0.5, 0.6) is 0 Å². The van der Waals surface area contributed by atoms with Crippen LogP contribution in [0.4, 0.5) is 0 Å². The lowest BCUT2D eigenvalue weighted by atomic mass is 9.79. The zero-order valence-electron chi connectivity index (χ0n) is 14.6. The van der Waals surface area contributed by atoms with Gasteiger partial charge in [0.15, 0.2) is 0 Å². The van der Waals surface area contributed by atoms with Gasteiger partial charge in [-0.2, -0.15) is 0 Å². The van der Waals surface area contributed by atoms with Crippen LogP contribution in [0.25, 0.3) is 0 Å². The summed E-state index contributed by atoms with van der Waals surface area (Å²) >= 11 is 3.24. The van der Waals surface area contributed by atoms with Crippen LogP contribution < -0.4 is 5.32 Å². The third-order valence-corrected chi connectivity index (χ3v) is 7.82. The number of pyridine rings is 1. The Labute approximate surface area is 157 Å². The molecule has 1 N–H and O–H groups in total. The van der Waals surface area contributed by atoms with Gasteiger partial charge in [0.1, 0.15) is 0 Å². The van der Waals surface area contributed by atoms with Gasteiger partial charge in [-0.1, -0.05) is 11.8 Å². The number of nitrogens with one attached hydrogen (secondary N) is 1. The lowest BCUT2D eigenvalue weighted by molar-refractivity contribution is 0.0218. The van der Waals surface area contributed by atoms with Crippen molar-refractivity contribution in [2.75, 3.05) is 13.1 Å². The largest absolute Gasteiger partial charge is 0.347 e. The predicted molar refractivity (Wildman–Crippen MR) is 102 cm³/mol. The molecule has 3 saturated heterocycles. The molecule has 0 saturated carbocycles. The van der Waals surface area contributed by atoms with Crippen LogP contribution in [-0.4, -0.2) is 41.0 Å². The SMILES string of the molecule is Cc1ncccc1Sc1ccc(C(=O)N[C@@H]2C3CCN(CC3)[C@@H]2C)s1. The van der Waals surface area contributed by atoms with Crippen LogP contribution in [0.15, 0.2) is 39.6 Å². The van der Waals surface area contributed by atoms with Gasteiger partial charge in [0.05, 0.1) is 14.8 Å². The van der Waals surface area contributed by atoms with Gasteiger partial charge in [0.25, 0.3) is 5.91 Å². The standard InChI is InChI=1S/C19H23N3OS2/c1-12-15(4-3-9-20-12)24-17-6-5-16(25-17)19(23)21-18-13(2)22-10-7-14(18)8-11-22/h3-6,9,13-14,18H,7-8,10-11H2,1-2H3,(H,21,23)/t13-,18+/m1/s1. The maximum absolute atomic E-state index is 12.7. The fourth-order valence-corrected chi connectivity index (χ4v) is 6.00. The van der Waals surface area contributed by atoms with Crippen molar-refractivity contribution in [3.63, 3.8) is 0 Å². The van der Waals surface area contributed by atoms with Gasteiger partial charge >= 0.3 is 0 Å². The minimum absolute atomic E-state index is 0.0744. The molecular formula is C19H23N3OS2. The predicted octanol–water partition coefficient (Wildman–Crippen LogP) is 3.82. The van der Waals surface area contributed by atoms with Crippen molar-refractivity contribution in [2.24, 2.45) is 5.92 Å². The van der Waals surface area contributed by atoms with E-state index in [-0.39, 0.29) is 11.9 Å². The summed E-state index contributed by atoms with van der Waals surface area (Å²) in [5.74, 6) is 0.709. The Bertz CT molecular complexity index is 766. The second-order valence-electron chi connectivity index (χ2n) is 6.92. The van der Waals surface area contributed by atoms with Crippen LogP contribution in [0.1, 0.15) is 35.1 Å². The topological polar surface area (TPSA) is 45.2 Å². The number of rotatable bonds is 4. The van der Waals surface area contributed by atoms with Crippen LogP contribution in [-0.2, 0) is 0 Å². The van der Waals surface area contributed by atoms with Crippen LogP contribution in [0.3, 0.4) is 0 Å². The highest BCUT2D eigenvalue weighted by atomic mass is 32.2. The van der Waals surface area contributed by atoms with E-state index in [0.29, 0.717) is 12.0 Å². The molecule has 2 bridgehead atoms. The number of hydrogen-bond acceptors (Lipinski definition) is 5. The highest BCUT2D eigenvalue weighted by Gasteiger charge is 2.40. The van der Waals surface area contributed by atoms with Gasteiger partial charge in [-0.3, -0.25) is 14.7 Å². The molecule has 0 spiro atoms. The van der Waals surface area contributed by atoms with Crippen molar-refractivity contribution in [1.82, 2.24) is 15.2 Å². The summed E-state index contributed by atoms with van der Waals surface area (Å²) in [6, 6.07) is 8.74. The number of fused-ring (bicyclic) bond motifs is 3. The van der Waals surface area contributed by atoms with Crippen LogP contribution >= 0.6 is 23.1 Å². The summed E-state index contributed by atoms with van der Waals surface area (Å²) in [6.45, 7) is 6.63. The van der Waals surface area contributed by atoms with Crippen molar-refractivity contribution in [2.45, 2.75) is 47.9 Å². The third kappa shape index (κ3) is 3.48. The Morgan fingerprint density at radius 2 is 2.12 bits per heavy atom. The van der Waals surface area contributed by atoms with Gasteiger partial charge in [0.2, 0.25) is 0 Å². The van der Waals surface area contributed by atoms with E-state index in [2.05, 4.69) is 28.2 Å². The van der Waals surface area contributed by atoms with Crippen molar-refractivity contribution in [3.8, 4) is 0 Å². The van der Waals surface area contributed by atoms with E-state index in [1.54, 1.807) is 23.1 Å². The molecule has 3 aliphatic rings. The van der Waals surface area contributed by atoms with Gasteiger partial charge in [0, 0.05) is 23.2 Å². The molecule has 5 heterocycles. The van der Waals surface area contributed by atoms with Crippen molar-refractivity contribution in [3.05, 3.63) is 41.0 Å². The number of hydrogen-bond donors (Lipinski definition) is 1. The smallest absolute Gasteiger partial charge is 0.261 e. The zero-order valence-corrected chi connectivity index (χ0v) is 16.2. The summed E-state index contributed by atoms with van der Waals surface area (Å²) in [7, 11) is 0. The molecule has 132 valence electrons. The summed E-state index contributed by atoms with van der Waals surface area (Å²) in [5.41, 5.74) is 1.02. The molecular weight excluding hydrogens is 350 g/mol.